The number of primary amides is 1. The molecule has 0 spiro atoms. The predicted octanol–water partition coefficient (Wildman–Crippen LogP) is 0.556. The number of nitrogens with two attached hydrogens (primary N) is 1. The summed E-state index contributed by atoms with van der Waals surface area (Å²) in [4.78, 5) is 19.3. The lowest BCUT2D eigenvalue weighted by molar-refractivity contribution is -0.0405. The molecule has 6 aliphatic heterocycles. The standard InChI is InChI=1S/C15H26N4O/c16-15(20)19(13-9-17-5-1-11(13)2-6-17)14-10-18-7-3-12(14)4-8-18/h11-14H,1-10H2,(H2,16,20). The van der Waals surface area contributed by atoms with Crippen LogP contribution in [0.4, 0.5) is 4.79 Å². The maximum Gasteiger partial charge on any atom is 0.315 e. The molecule has 6 heterocycles. The molecule has 0 aliphatic carbocycles. The molecule has 0 aromatic carbocycles. The molecule has 2 atom stereocenters. The highest BCUT2D eigenvalue weighted by Gasteiger charge is 2.46. The van der Waals surface area contributed by atoms with Crippen LogP contribution in [0.1, 0.15) is 25.7 Å². The molecule has 5 nitrogen and oxygen atoms in total. The van der Waals surface area contributed by atoms with E-state index in [0.717, 1.165) is 13.1 Å². The summed E-state index contributed by atoms with van der Waals surface area (Å²) in [6.07, 6.45) is 4.98. The Morgan fingerprint density at radius 2 is 1.25 bits per heavy atom. The van der Waals surface area contributed by atoms with Crippen molar-refractivity contribution in [2.45, 2.75) is 37.8 Å². The third-order valence-corrected chi connectivity index (χ3v) is 6.21. The first kappa shape index (κ1) is 12.9. The molecular formula is C15H26N4O. The van der Waals surface area contributed by atoms with Crippen LogP contribution in [0.3, 0.4) is 0 Å². The molecule has 5 heteroatoms. The van der Waals surface area contributed by atoms with Gasteiger partial charge in [-0.25, -0.2) is 4.79 Å². The zero-order valence-electron chi connectivity index (χ0n) is 12.2. The maximum atomic E-state index is 12.2. The van der Waals surface area contributed by atoms with Crippen LogP contribution >= 0.6 is 0 Å². The van der Waals surface area contributed by atoms with Crippen molar-refractivity contribution in [3.05, 3.63) is 0 Å². The van der Waals surface area contributed by atoms with Crippen LogP contribution < -0.4 is 5.73 Å². The van der Waals surface area contributed by atoms with Gasteiger partial charge in [0.05, 0.1) is 0 Å². The van der Waals surface area contributed by atoms with Gasteiger partial charge < -0.3 is 20.4 Å². The summed E-state index contributed by atoms with van der Waals surface area (Å²) in [7, 11) is 0. The first-order chi connectivity index (χ1) is 9.72. The Labute approximate surface area is 121 Å². The Kier molecular flexibility index (Phi) is 3.15. The summed E-state index contributed by atoms with van der Waals surface area (Å²) in [6, 6.07) is 0.573. The molecule has 6 saturated heterocycles. The third-order valence-electron chi connectivity index (χ3n) is 6.21. The highest BCUT2D eigenvalue weighted by Crippen LogP contribution is 2.37. The average Bonchev–Trinajstić information content (AvgIpc) is 2.50. The van der Waals surface area contributed by atoms with Gasteiger partial charge in [-0.1, -0.05) is 0 Å². The molecule has 6 rings (SSSR count). The van der Waals surface area contributed by atoms with Gasteiger partial charge in [-0.05, 0) is 63.7 Å². The van der Waals surface area contributed by atoms with Crippen molar-refractivity contribution < 1.29 is 4.79 Å². The highest BCUT2D eigenvalue weighted by atomic mass is 16.2. The van der Waals surface area contributed by atoms with Gasteiger partial charge in [0.2, 0.25) is 0 Å². The molecule has 20 heavy (non-hydrogen) atoms. The maximum absolute atomic E-state index is 12.2. The first-order valence-electron chi connectivity index (χ1n) is 8.25. The molecule has 2 amide bonds. The van der Waals surface area contributed by atoms with Crippen LogP contribution in [-0.4, -0.2) is 72.1 Å². The van der Waals surface area contributed by atoms with Gasteiger partial charge >= 0.3 is 6.03 Å². The lowest BCUT2D eigenvalue weighted by Gasteiger charge is -2.55. The van der Waals surface area contributed by atoms with Gasteiger partial charge in [-0.3, -0.25) is 0 Å². The minimum Gasteiger partial charge on any atom is -0.351 e. The van der Waals surface area contributed by atoms with Crippen molar-refractivity contribution in [2.75, 3.05) is 39.3 Å². The fourth-order valence-electron chi connectivity index (χ4n) is 5.07. The van der Waals surface area contributed by atoms with Gasteiger partial charge in [-0.2, -0.15) is 0 Å². The fraction of sp³-hybridized carbons (Fsp3) is 0.933. The van der Waals surface area contributed by atoms with Crippen LogP contribution in [0.15, 0.2) is 0 Å². The van der Waals surface area contributed by atoms with Gasteiger partial charge in [0, 0.05) is 25.2 Å². The van der Waals surface area contributed by atoms with Gasteiger partial charge in [0.15, 0.2) is 0 Å². The fourth-order valence-corrected chi connectivity index (χ4v) is 5.07. The summed E-state index contributed by atoms with van der Waals surface area (Å²) in [5.74, 6) is 1.37. The zero-order chi connectivity index (χ0) is 13.7. The van der Waals surface area contributed by atoms with Crippen molar-refractivity contribution in [3.8, 4) is 0 Å². The SMILES string of the molecule is NC(=O)N(C1CN2CCC1CC2)C1CN2CCC1CC2. The predicted molar refractivity (Wildman–Crippen MR) is 77.3 cm³/mol. The van der Waals surface area contributed by atoms with Crippen LogP contribution in [0.2, 0.25) is 0 Å². The second-order valence-electron chi connectivity index (χ2n) is 7.16. The molecule has 2 N–H and O–H groups in total. The van der Waals surface area contributed by atoms with E-state index in [2.05, 4.69) is 14.7 Å². The number of carbonyl (C=O) groups excluding carboxylic acids is 1. The van der Waals surface area contributed by atoms with E-state index >= 15 is 0 Å². The second kappa shape index (κ2) is 4.88. The third kappa shape index (κ3) is 2.02. The first-order valence-corrected chi connectivity index (χ1v) is 8.25. The van der Waals surface area contributed by atoms with E-state index in [1.165, 1.54) is 51.9 Å². The Hall–Kier alpha value is -0.810. The number of urea groups is 1. The van der Waals surface area contributed by atoms with Crippen LogP contribution in [0, 0.1) is 11.8 Å². The monoisotopic (exact) mass is 278 g/mol. The van der Waals surface area contributed by atoms with E-state index in [9.17, 15) is 4.79 Å². The van der Waals surface area contributed by atoms with Crippen LogP contribution in [0.5, 0.6) is 0 Å². The number of carbonyl (C=O) groups is 1. The molecular weight excluding hydrogens is 252 g/mol. The van der Waals surface area contributed by atoms with Crippen molar-refractivity contribution >= 4 is 6.03 Å². The Morgan fingerprint density at radius 3 is 1.50 bits per heavy atom. The number of hydrogen-bond acceptors (Lipinski definition) is 3. The topological polar surface area (TPSA) is 52.8 Å². The van der Waals surface area contributed by atoms with Gasteiger partial charge in [-0.15, -0.1) is 0 Å². The zero-order valence-corrected chi connectivity index (χ0v) is 12.2. The lowest BCUT2D eigenvalue weighted by atomic mass is 9.78. The molecule has 0 saturated carbocycles. The van der Waals surface area contributed by atoms with E-state index in [-0.39, 0.29) is 6.03 Å². The van der Waals surface area contributed by atoms with E-state index in [0.29, 0.717) is 23.9 Å². The largest absolute Gasteiger partial charge is 0.351 e. The number of rotatable bonds is 2. The molecule has 0 radical (unpaired) electrons. The smallest absolute Gasteiger partial charge is 0.315 e. The van der Waals surface area contributed by atoms with Gasteiger partial charge in [0.1, 0.15) is 0 Å². The van der Waals surface area contributed by atoms with Crippen LogP contribution in [-0.2, 0) is 0 Å². The quantitative estimate of drug-likeness (QED) is 0.803. The summed E-state index contributed by atoms with van der Waals surface area (Å²) in [5.41, 5.74) is 5.81. The minimum absolute atomic E-state index is 0.178. The summed E-state index contributed by atoms with van der Waals surface area (Å²) in [5, 5.41) is 0. The van der Waals surface area contributed by atoms with Crippen molar-refractivity contribution in [1.29, 1.82) is 0 Å². The molecule has 6 aliphatic rings. The Bertz CT molecular complexity index is 355. The number of nitrogens with zero attached hydrogens (tertiary/aromatic N) is 3. The number of hydrogen-bond donors (Lipinski definition) is 1. The number of fused-ring (bicyclic) bond motifs is 6. The van der Waals surface area contributed by atoms with E-state index < -0.39 is 0 Å². The summed E-state index contributed by atoms with van der Waals surface area (Å²) < 4.78 is 0. The molecule has 0 aromatic heterocycles. The molecule has 112 valence electrons. The van der Waals surface area contributed by atoms with E-state index in [4.69, 9.17) is 5.73 Å². The Balaban J connectivity index is 1.57. The highest BCUT2D eigenvalue weighted by molar-refractivity contribution is 5.73. The lowest BCUT2D eigenvalue weighted by Crippen LogP contribution is -2.67. The molecule has 2 unspecified atom stereocenters. The van der Waals surface area contributed by atoms with Crippen molar-refractivity contribution in [2.24, 2.45) is 17.6 Å². The normalized spacial score (nSPS) is 46.4. The molecule has 6 fully saturated rings. The van der Waals surface area contributed by atoms with E-state index in [1.807, 2.05) is 0 Å². The molecule has 0 aromatic rings. The Morgan fingerprint density at radius 1 is 0.850 bits per heavy atom. The summed E-state index contributed by atoms with van der Waals surface area (Å²) in [6.45, 7) is 6.97. The van der Waals surface area contributed by atoms with Crippen molar-refractivity contribution in [1.82, 2.24) is 14.7 Å². The number of piperidine rings is 6. The number of amides is 2. The van der Waals surface area contributed by atoms with E-state index in [1.54, 1.807) is 0 Å². The minimum atomic E-state index is -0.178. The van der Waals surface area contributed by atoms with Crippen molar-refractivity contribution in [3.63, 3.8) is 0 Å². The summed E-state index contributed by atoms with van der Waals surface area (Å²) >= 11 is 0. The second-order valence-corrected chi connectivity index (χ2v) is 7.16. The molecule has 4 bridgehead atoms. The van der Waals surface area contributed by atoms with Crippen LogP contribution in [0.25, 0.3) is 0 Å². The average molecular weight is 278 g/mol. The van der Waals surface area contributed by atoms with Gasteiger partial charge in [0.25, 0.3) is 0 Å².